The maximum absolute atomic E-state index is 12.2. The summed E-state index contributed by atoms with van der Waals surface area (Å²) in [6.45, 7) is 0.920. The van der Waals surface area contributed by atoms with Crippen LogP contribution < -0.4 is 15.4 Å². The lowest BCUT2D eigenvalue weighted by Crippen LogP contribution is -2.28. The Morgan fingerprint density at radius 1 is 1.36 bits per heavy atom. The number of nitrogens with zero attached hydrogens (tertiary/aromatic N) is 4. The van der Waals surface area contributed by atoms with Gasteiger partial charge >= 0.3 is 0 Å². The molecule has 0 aromatic carbocycles. The first-order chi connectivity index (χ1) is 12.0. The molecule has 0 bridgehead atoms. The van der Waals surface area contributed by atoms with Crippen molar-refractivity contribution >= 4 is 40.0 Å². The number of aryl methyl sites for hydroxylation is 1. The van der Waals surface area contributed by atoms with Crippen LogP contribution in [0.2, 0.25) is 0 Å². The maximum atomic E-state index is 12.2. The number of carbonyl (C=O) groups excluding carboxylic acids is 2. The van der Waals surface area contributed by atoms with Crippen LogP contribution in [0.3, 0.4) is 0 Å². The standard InChI is InChI=1S/C13H18N6O4S2/c1-19-6-8(11(18-19)23-3)10(21)15-12-16-17-13(25-12)24-7-9(20)14-4-5-22-2/h6H,4-5,7H2,1-3H3,(H,14,20)(H,15,16,21). The molecule has 0 spiro atoms. The van der Waals surface area contributed by atoms with Crippen LogP contribution in [0.1, 0.15) is 10.4 Å². The second-order valence-electron chi connectivity index (χ2n) is 4.68. The van der Waals surface area contributed by atoms with Crippen molar-refractivity contribution in [2.45, 2.75) is 4.34 Å². The summed E-state index contributed by atoms with van der Waals surface area (Å²) in [4.78, 5) is 23.9. The highest BCUT2D eigenvalue weighted by Crippen LogP contribution is 2.26. The predicted octanol–water partition coefficient (Wildman–Crippen LogP) is 0.387. The molecular weight excluding hydrogens is 368 g/mol. The average molecular weight is 386 g/mol. The number of hydrogen-bond acceptors (Lipinski definition) is 9. The third-order valence-electron chi connectivity index (χ3n) is 2.81. The van der Waals surface area contributed by atoms with Gasteiger partial charge in [-0.15, -0.1) is 15.3 Å². The summed E-state index contributed by atoms with van der Waals surface area (Å²) in [6.07, 6.45) is 1.55. The van der Waals surface area contributed by atoms with E-state index in [1.165, 1.54) is 34.9 Å². The molecule has 12 heteroatoms. The lowest BCUT2D eigenvalue weighted by Gasteiger charge is -2.02. The fraction of sp³-hybridized carbons (Fsp3) is 0.462. The van der Waals surface area contributed by atoms with Gasteiger partial charge in [-0.3, -0.25) is 19.6 Å². The quantitative estimate of drug-likeness (QED) is 0.361. The van der Waals surface area contributed by atoms with E-state index in [9.17, 15) is 9.59 Å². The van der Waals surface area contributed by atoms with Gasteiger partial charge in [0.15, 0.2) is 4.34 Å². The van der Waals surface area contributed by atoms with Gasteiger partial charge in [0.2, 0.25) is 16.9 Å². The summed E-state index contributed by atoms with van der Waals surface area (Å²) in [5.74, 6) is -0.0762. The Morgan fingerprint density at radius 3 is 2.88 bits per heavy atom. The largest absolute Gasteiger partial charge is 0.479 e. The molecule has 2 aromatic heterocycles. The molecule has 0 aliphatic rings. The van der Waals surface area contributed by atoms with Crippen molar-refractivity contribution in [3.05, 3.63) is 11.8 Å². The Bertz CT molecular complexity index is 732. The van der Waals surface area contributed by atoms with Crippen LogP contribution in [-0.4, -0.2) is 64.9 Å². The van der Waals surface area contributed by atoms with Crippen LogP contribution in [0, 0.1) is 0 Å². The fourth-order valence-electron chi connectivity index (χ4n) is 1.73. The van der Waals surface area contributed by atoms with Crippen LogP contribution in [-0.2, 0) is 16.6 Å². The number of hydrogen-bond donors (Lipinski definition) is 2. The molecule has 0 saturated carbocycles. The van der Waals surface area contributed by atoms with Crippen LogP contribution in [0.5, 0.6) is 5.88 Å². The predicted molar refractivity (Wildman–Crippen MR) is 93.2 cm³/mol. The van der Waals surface area contributed by atoms with E-state index in [0.717, 1.165) is 0 Å². The fourth-order valence-corrected chi connectivity index (χ4v) is 3.31. The van der Waals surface area contributed by atoms with E-state index < -0.39 is 5.91 Å². The van der Waals surface area contributed by atoms with Gasteiger partial charge in [-0.25, -0.2) is 0 Å². The van der Waals surface area contributed by atoms with Gasteiger partial charge in [0.05, 0.1) is 19.5 Å². The number of aromatic nitrogens is 4. The number of thioether (sulfide) groups is 1. The Labute approximate surface area is 152 Å². The molecule has 0 aliphatic carbocycles. The van der Waals surface area contributed by atoms with Crippen molar-refractivity contribution in [2.75, 3.05) is 38.4 Å². The van der Waals surface area contributed by atoms with Crippen LogP contribution in [0.4, 0.5) is 5.13 Å². The Kier molecular flexibility index (Phi) is 7.16. The number of methoxy groups -OCH3 is 2. The van der Waals surface area contributed by atoms with E-state index in [1.807, 2.05) is 0 Å². The summed E-state index contributed by atoms with van der Waals surface area (Å²) in [7, 11) is 4.70. The molecule has 136 valence electrons. The first-order valence-corrected chi connectivity index (χ1v) is 8.94. The SMILES string of the molecule is COCCNC(=O)CSc1nnc(NC(=O)c2cn(C)nc2OC)s1. The Hall–Kier alpha value is -2.18. The average Bonchev–Trinajstić information content (AvgIpc) is 3.19. The van der Waals surface area contributed by atoms with Crippen molar-refractivity contribution in [1.29, 1.82) is 0 Å². The van der Waals surface area contributed by atoms with Crippen molar-refractivity contribution in [2.24, 2.45) is 7.05 Å². The molecular formula is C13H18N6O4S2. The number of rotatable bonds is 9. The highest BCUT2D eigenvalue weighted by Gasteiger charge is 2.18. The van der Waals surface area contributed by atoms with Crippen molar-refractivity contribution in [3.8, 4) is 5.88 Å². The normalized spacial score (nSPS) is 10.5. The number of amides is 2. The molecule has 0 radical (unpaired) electrons. The van der Waals surface area contributed by atoms with Gasteiger partial charge in [-0.1, -0.05) is 23.1 Å². The zero-order chi connectivity index (χ0) is 18.2. The van der Waals surface area contributed by atoms with Gasteiger partial charge in [0.1, 0.15) is 5.56 Å². The van der Waals surface area contributed by atoms with Gasteiger partial charge in [-0.2, -0.15) is 0 Å². The van der Waals surface area contributed by atoms with Crippen LogP contribution in [0.15, 0.2) is 10.5 Å². The second-order valence-corrected chi connectivity index (χ2v) is 6.88. The molecule has 2 rings (SSSR count). The zero-order valence-corrected chi connectivity index (χ0v) is 15.6. The highest BCUT2D eigenvalue weighted by atomic mass is 32.2. The summed E-state index contributed by atoms with van der Waals surface area (Å²) in [5, 5.41) is 17.5. The monoisotopic (exact) mass is 386 g/mol. The van der Waals surface area contributed by atoms with E-state index in [-0.39, 0.29) is 17.5 Å². The molecule has 0 unspecified atom stereocenters. The van der Waals surface area contributed by atoms with Gasteiger partial charge < -0.3 is 14.8 Å². The number of nitrogens with one attached hydrogen (secondary N) is 2. The van der Waals surface area contributed by atoms with Crippen molar-refractivity contribution in [3.63, 3.8) is 0 Å². The zero-order valence-electron chi connectivity index (χ0n) is 13.9. The summed E-state index contributed by atoms with van der Waals surface area (Å²) in [6, 6.07) is 0. The number of carbonyl (C=O) groups is 2. The van der Waals surface area contributed by atoms with Gasteiger partial charge in [0.25, 0.3) is 5.91 Å². The molecule has 0 fully saturated rings. The van der Waals surface area contributed by atoms with E-state index in [1.54, 1.807) is 20.4 Å². The molecule has 2 N–H and O–H groups in total. The highest BCUT2D eigenvalue weighted by molar-refractivity contribution is 8.01. The molecule has 2 aromatic rings. The van der Waals surface area contributed by atoms with Crippen LogP contribution in [0.25, 0.3) is 0 Å². The molecule has 0 saturated heterocycles. The van der Waals surface area contributed by atoms with E-state index in [4.69, 9.17) is 9.47 Å². The van der Waals surface area contributed by atoms with E-state index >= 15 is 0 Å². The first kappa shape index (κ1) is 19.1. The second kappa shape index (κ2) is 9.34. The molecule has 0 aliphatic heterocycles. The summed E-state index contributed by atoms with van der Waals surface area (Å²) in [5.41, 5.74) is 0.298. The lowest BCUT2D eigenvalue weighted by molar-refractivity contribution is -0.118. The third kappa shape index (κ3) is 5.69. The Balaban J connectivity index is 1.86. The first-order valence-electron chi connectivity index (χ1n) is 7.14. The lowest BCUT2D eigenvalue weighted by atomic mass is 10.3. The maximum Gasteiger partial charge on any atom is 0.264 e. The summed E-state index contributed by atoms with van der Waals surface area (Å²) < 4.78 is 12.0. The molecule has 0 atom stereocenters. The number of anilines is 1. The molecule has 25 heavy (non-hydrogen) atoms. The van der Waals surface area contributed by atoms with E-state index in [2.05, 4.69) is 25.9 Å². The van der Waals surface area contributed by atoms with Crippen molar-refractivity contribution < 1.29 is 19.1 Å². The summed E-state index contributed by atoms with van der Waals surface area (Å²) >= 11 is 2.42. The molecule has 10 nitrogen and oxygen atoms in total. The topological polar surface area (TPSA) is 120 Å². The van der Waals surface area contributed by atoms with Gasteiger partial charge in [0, 0.05) is 26.9 Å². The smallest absolute Gasteiger partial charge is 0.264 e. The van der Waals surface area contributed by atoms with Crippen molar-refractivity contribution in [1.82, 2.24) is 25.3 Å². The minimum Gasteiger partial charge on any atom is -0.479 e. The van der Waals surface area contributed by atoms with Crippen LogP contribution >= 0.6 is 23.1 Å². The van der Waals surface area contributed by atoms with Gasteiger partial charge in [-0.05, 0) is 0 Å². The minimum atomic E-state index is -0.394. The molecule has 2 heterocycles. The minimum absolute atomic E-state index is 0.122. The molecule has 2 amide bonds. The third-order valence-corrected chi connectivity index (χ3v) is 4.79. The number of ether oxygens (including phenoxy) is 2. The Morgan fingerprint density at radius 2 is 2.16 bits per heavy atom. The van der Waals surface area contributed by atoms with E-state index in [0.29, 0.717) is 28.2 Å².